The summed E-state index contributed by atoms with van der Waals surface area (Å²) >= 11 is 6.02. The lowest BCUT2D eigenvalue weighted by molar-refractivity contribution is -0.384. The van der Waals surface area contributed by atoms with Crippen LogP contribution in [0.15, 0.2) is 36.7 Å². The maximum Gasteiger partial charge on any atom is 0.269 e. The van der Waals surface area contributed by atoms with Crippen LogP contribution in [0.4, 0.5) is 5.69 Å². The van der Waals surface area contributed by atoms with E-state index < -0.39 is 11.0 Å². The molecule has 3 aromatic rings. The number of fused-ring (bicyclic) bond motifs is 1. The van der Waals surface area contributed by atoms with Gasteiger partial charge in [-0.15, -0.1) is 0 Å². The fourth-order valence-corrected chi connectivity index (χ4v) is 2.49. The van der Waals surface area contributed by atoms with Gasteiger partial charge in [0.15, 0.2) is 5.15 Å². The van der Waals surface area contributed by atoms with Gasteiger partial charge in [-0.2, -0.15) is 0 Å². The fraction of sp³-hybridized carbons (Fsp3) is 0.143. The zero-order valence-electron chi connectivity index (χ0n) is 11.5. The van der Waals surface area contributed by atoms with Crippen molar-refractivity contribution in [2.45, 2.75) is 13.0 Å². The Labute approximate surface area is 130 Å². The molecule has 1 unspecified atom stereocenters. The number of aryl methyl sites for hydroxylation is 1. The van der Waals surface area contributed by atoms with Crippen LogP contribution in [-0.4, -0.2) is 24.4 Å². The van der Waals surface area contributed by atoms with E-state index in [9.17, 15) is 15.2 Å². The number of nitrogens with zero attached hydrogens (tertiary/aromatic N) is 4. The number of nitro groups is 1. The van der Waals surface area contributed by atoms with Crippen LogP contribution in [0.2, 0.25) is 5.15 Å². The normalized spacial score (nSPS) is 12.5. The zero-order chi connectivity index (χ0) is 15.9. The number of hydrogen-bond acceptors (Lipinski definition) is 5. The van der Waals surface area contributed by atoms with Crippen molar-refractivity contribution in [1.29, 1.82) is 0 Å². The topological polar surface area (TPSA) is 93.6 Å². The first-order valence-corrected chi connectivity index (χ1v) is 6.77. The number of nitro benzene ring substituents is 1. The van der Waals surface area contributed by atoms with Gasteiger partial charge in [0, 0.05) is 12.1 Å². The van der Waals surface area contributed by atoms with Gasteiger partial charge in [0.2, 0.25) is 0 Å². The molecule has 22 heavy (non-hydrogen) atoms. The first-order chi connectivity index (χ1) is 10.5. The minimum Gasteiger partial charge on any atom is -0.382 e. The smallest absolute Gasteiger partial charge is 0.269 e. The van der Waals surface area contributed by atoms with Crippen molar-refractivity contribution in [3.63, 3.8) is 0 Å². The fourth-order valence-electron chi connectivity index (χ4n) is 2.30. The van der Waals surface area contributed by atoms with E-state index in [-0.39, 0.29) is 5.69 Å². The molecule has 0 bridgehead atoms. The van der Waals surface area contributed by atoms with Crippen molar-refractivity contribution >= 4 is 22.8 Å². The Hall–Kier alpha value is -2.51. The van der Waals surface area contributed by atoms with Gasteiger partial charge in [0.05, 0.1) is 23.0 Å². The van der Waals surface area contributed by atoms with Gasteiger partial charge in [-0.25, -0.2) is 9.97 Å². The van der Waals surface area contributed by atoms with Gasteiger partial charge < -0.3 is 5.11 Å². The summed E-state index contributed by atoms with van der Waals surface area (Å²) in [5, 5.41) is 21.5. The van der Waals surface area contributed by atoms with E-state index >= 15 is 0 Å². The lowest BCUT2D eigenvalue weighted by Crippen LogP contribution is -2.08. The van der Waals surface area contributed by atoms with Gasteiger partial charge in [0.1, 0.15) is 17.4 Å². The predicted octanol–water partition coefficient (Wildman–Crippen LogP) is 2.68. The van der Waals surface area contributed by atoms with Crippen LogP contribution in [0.5, 0.6) is 0 Å². The van der Waals surface area contributed by atoms with Crippen molar-refractivity contribution in [1.82, 2.24) is 14.4 Å². The molecule has 0 spiro atoms. The Bertz CT molecular complexity index is 860. The highest BCUT2D eigenvalue weighted by Crippen LogP contribution is 2.27. The minimum absolute atomic E-state index is 0.0332. The van der Waals surface area contributed by atoms with Crippen LogP contribution in [0.1, 0.15) is 23.2 Å². The van der Waals surface area contributed by atoms with Gasteiger partial charge in [0.25, 0.3) is 5.69 Å². The summed E-state index contributed by atoms with van der Waals surface area (Å²) in [7, 11) is 0. The largest absolute Gasteiger partial charge is 0.382 e. The maximum atomic E-state index is 10.7. The van der Waals surface area contributed by atoms with Crippen molar-refractivity contribution < 1.29 is 10.0 Å². The van der Waals surface area contributed by atoms with Gasteiger partial charge in [-0.1, -0.05) is 11.6 Å². The molecule has 0 fully saturated rings. The number of imidazole rings is 1. The number of non-ortho nitro benzene ring substituents is 1. The molecule has 2 heterocycles. The molecular weight excluding hydrogens is 308 g/mol. The highest BCUT2D eigenvalue weighted by atomic mass is 35.5. The van der Waals surface area contributed by atoms with Crippen molar-refractivity contribution in [2.75, 3.05) is 0 Å². The van der Waals surface area contributed by atoms with Crippen molar-refractivity contribution in [3.05, 3.63) is 69.0 Å². The van der Waals surface area contributed by atoms with Gasteiger partial charge in [-0.3, -0.25) is 14.5 Å². The number of hydrogen-bond donors (Lipinski definition) is 1. The molecule has 7 nitrogen and oxygen atoms in total. The first kappa shape index (κ1) is 14.4. The van der Waals surface area contributed by atoms with Gasteiger partial charge in [-0.05, 0) is 24.6 Å². The second-order valence-electron chi connectivity index (χ2n) is 4.75. The molecule has 2 aromatic heterocycles. The number of benzene rings is 1. The third-order valence-electron chi connectivity index (χ3n) is 3.42. The molecule has 0 radical (unpaired) electrons. The summed E-state index contributed by atoms with van der Waals surface area (Å²) in [6.45, 7) is 1.79. The summed E-state index contributed by atoms with van der Waals surface area (Å²) < 4.78 is 1.71. The highest BCUT2D eigenvalue weighted by Gasteiger charge is 2.18. The highest BCUT2D eigenvalue weighted by molar-refractivity contribution is 6.32. The van der Waals surface area contributed by atoms with E-state index in [0.29, 0.717) is 27.8 Å². The Kier molecular flexibility index (Phi) is 3.51. The molecule has 3 rings (SSSR count). The Morgan fingerprint density at radius 2 is 1.95 bits per heavy atom. The molecule has 0 saturated carbocycles. The Morgan fingerprint density at radius 3 is 2.59 bits per heavy atom. The van der Waals surface area contributed by atoms with Gasteiger partial charge >= 0.3 is 0 Å². The predicted molar refractivity (Wildman–Crippen MR) is 79.9 cm³/mol. The average Bonchev–Trinajstić information content (AvgIpc) is 2.90. The summed E-state index contributed by atoms with van der Waals surface area (Å²) in [4.78, 5) is 18.4. The second-order valence-corrected chi connectivity index (χ2v) is 5.11. The van der Waals surface area contributed by atoms with E-state index in [2.05, 4.69) is 9.97 Å². The first-order valence-electron chi connectivity index (χ1n) is 6.40. The van der Waals surface area contributed by atoms with E-state index in [1.165, 1.54) is 30.5 Å². The summed E-state index contributed by atoms with van der Waals surface area (Å²) in [6, 6.07) is 5.71. The molecule has 0 aliphatic rings. The van der Waals surface area contributed by atoms with Crippen LogP contribution in [0.3, 0.4) is 0 Å². The molecule has 1 aromatic carbocycles. The lowest BCUT2D eigenvalue weighted by atomic mass is 10.1. The van der Waals surface area contributed by atoms with Crippen LogP contribution in [0.25, 0.3) is 5.52 Å². The standard InChI is InChI=1S/C14H11ClN4O3/c1-8-16-7-12-14(15)17-6-11(18(8)12)13(20)9-2-4-10(5-3-9)19(21)22/h2-7,13,20H,1H3. The third-order valence-corrected chi connectivity index (χ3v) is 3.71. The molecule has 112 valence electrons. The summed E-state index contributed by atoms with van der Waals surface area (Å²) in [5.41, 5.74) is 1.57. The van der Waals surface area contributed by atoms with E-state index in [1.54, 1.807) is 17.5 Å². The zero-order valence-corrected chi connectivity index (χ0v) is 12.2. The SMILES string of the molecule is Cc1ncc2c(Cl)ncc(C(O)c3ccc([N+](=O)[O-])cc3)n12. The Morgan fingerprint density at radius 1 is 1.27 bits per heavy atom. The molecule has 1 N–H and O–H groups in total. The molecule has 0 aliphatic heterocycles. The monoisotopic (exact) mass is 318 g/mol. The van der Waals surface area contributed by atoms with Crippen molar-refractivity contribution in [2.24, 2.45) is 0 Å². The molecule has 8 heteroatoms. The number of halogens is 1. The number of aliphatic hydroxyl groups is 1. The van der Waals surface area contributed by atoms with E-state index in [1.807, 2.05) is 0 Å². The van der Waals surface area contributed by atoms with E-state index in [0.717, 1.165) is 0 Å². The summed E-state index contributed by atoms with van der Waals surface area (Å²) in [5.74, 6) is 0.662. The second kappa shape index (κ2) is 5.36. The maximum absolute atomic E-state index is 10.7. The molecular formula is C14H11ClN4O3. The lowest BCUT2D eigenvalue weighted by Gasteiger charge is -2.14. The van der Waals surface area contributed by atoms with Crippen LogP contribution < -0.4 is 0 Å². The number of aliphatic hydroxyl groups excluding tert-OH is 1. The number of rotatable bonds is 3. The summed E-state index contributed by atoms with van der Waals surface area (Å²) in [6.07, 6.45) is 2.05. The minimum atomic E-state index is -0.999. The van der Waals surface area contributed by atoms with Crippen LogP contribution >= 0.6 is 11.6 Å². The van der Waals surface area contributed by atoms with Crippen LogP contribution in [0, 0.1) is 17.0 Å². The molecule has 0 saturated heterocycles. The number of aromatic nitrogens is 3. The third kappa shape index (κ3) is 2.30. The molecule has 1 atom stereocenters. The van der Waals surface area contributed by atoms with E-state index in [4.69, 9.17) is 11.6 Å². The van der Waals surface area contributed by atoms with Crippen molar-refractivity contribution in [3.8, 4) is 0 Å². The average molecular weight is 319 g/mol. The molecule has 0 amide bonds. The Balaban J connectivity index is 2.09. The van der Waals surface area contributed by atoms with Crippen LogP contribution in [-0.2, 0) is 0 Å². The molecule has 0 aliphatic carbocycles. The quantitative estimate of drug-likeness (QED) is 0.592.